The van der Waals surface area contributed by atoms with Crippen molar-refractivity contribution in [1.29, 1.82) is 0 Å². The number of phenols is 2. The molecule has 15 heavy (non-hydrogen) atoms. The van der Waals surface area contributed by atoms with Crippen LogP contribution in [-0.2, 0) is 0 Å². The van der Waals surface area contributed by atoms with Gasteiger partial charge in [-0.2, -0.15) is 4.99 Å². The van der Waals surface area contributed by atoms with E-state index >= 15 is 0 Å². The lowest BCUT2D eigenvalue weighted by atomic mass is 10.3. The summed E-state index contributed by atoms with van der Waals surface area (Å²) in [4.78, 5) is 3.57. The van der Waals surface area contributed by atoms with Crippen molar-refractivity contribution in [3.05, 3.63) is 18.2 Å². The van der Waals surface area contributed by atoms with Crippen LogP contribution in [0, 0.1) is 0 Å². The first kappa shape index (κ1) is 11.1. The van der Waals surface area contributed by atoms with Crippen LogP contribution in [0.2, 0.25) is 0 Å². The predicted molar refractivity (Wildman–Crippen MR) is 61.8 cm³/mol. The van der Waals surface area contributed by atoms with Crippen molar-refractivity contribution >= 4 is 29.0 Å². The van der Waals surface area contributed by atoms with Gasteiger partial charge in [-0.15, -0.1) is 0 Å². The number of phenolic OH excluding ortho intramolecular Hbond substituents is 2. The molecule has 0 fully saturated rings. The van der Waals surface area contributed by atoms with Crippen LogP contribution in [0.15, 0.2) is 23.2 Å². The number of aliphatic imine (C=N–C) groups is 1. The van der Waals surface area contributed by atoms with E-state index in [0.29, 0.717) is 5.69 Å². The van der Waals surface area contributed by atoms with Gasteiger partial charge in [0.05, 0.1) is 0 Å². The molecule has 0 aliphatic heterocycles. The largest absolute Gasteiger partial charge is 0.504 e. The molecule has 0 atom stereocenters. The van der Waals surface area contributed by atoms with Gasteiger partial charge in [-0.3, -0.25) is 0 Å². The average molecular weight is 226 g/mol. The molecule has 7 N–H and O–H groups in total. The summed E-state index contributed by atoms with van der Waals surface area (Å²) in [7, 11) is 0. The lowest BCUT2D eigenvalue weighted by Crippen LogP contribution is -2.25. The van der Waals surface area contributed by atoms with Gasteiger partial charge in [0, 0.05) is 11.8 Å². The fourth-order valence-electron chi connectivity index (χ4n) is 0.870. The molecule has 1 aromatic carbocycles. The van der Waals surface area contributed by atoms with Crippen molar-refractivity contribution in [2.45, 2.75) is 0 Å². The molecule has 0 amide bonds. The van der Waals surface area contributed by atoms with Crippen molar-refractivity contribution in [3.8, 4) is 11.5 Å². The Balaban J connectivity index is 2.78. The van der Waals surface area contributed by atoms with Gasteiger partial charge in [0.2, 0.25) is 5.11 Å². The third kappa shape index (κ3) is 3.31. The quantitative estimate of drug-likeness (QED) is 0.152. The molecule has 0 saturated heterocycles. The number of aromatic hydroxyl groups is 2. The predicted octanol–water partition coefficient (Wildman–Crippen LogP) is 0.0680. The Bertz CT molecular complexity index is 415. The maximum absolute atomic E-state index is 9.18. The fraction of sp³-hybridized carbons (Fsp3) is 0. The van der Waals surface area contributed by atoms with Crippen LogP contribution in [0.25, 0.3) is 0 Å². The zero-order valence-electron chi connectivity index (χ0n) is 7.64. The van der Waals surface area contributed by atoms with Crippen molar-refractivity contribution < 1.29 is 10.2 Å². The second-order valence-electron chi connectivity index (χ2n) is 2.67. The van der Waals surface area contributed by atoms with Crippen LogP contribution in [-0.4, -0.2) is 21.3 Å². The summed E-state index contributed by atoms with van der Waals surface area (Å²) in [5.74, 6) is -0.628. The summed E-state index contributed by atoms with van der Waals surface area (Å²) in [5.41, 5.74) is 10.7. The average Bonchev–Trinajstić information content (AvgIpc) is 2.10. The standard InChI is InChI=1S/C8H10N4O2S/c9-7(10)12-8(15)11-4-1-2-5(13)6(14)3-4/h1-3,13-14H,(H5,9,10,11,12,15). The van der Waals surface area contributed by atoms with Crippen molar-refractivity contribution in [1.82, 2.24) is 0 Å². The van der Waals surface area contributed by atoms with Crippen molar-refractivity contribution in [2.24, 2.45) is 16.5 Å². The summed E-state index contributed by atoms with van der Waals surface area (Å²) in [5, 5.41) is 20.9. The lowest BCUT2D eigenvalue weighted by Gasteiger charge is -2.05. The number of nitrogens with zero attached hydrogens (tertiary/aromatic N) is 1. The molecular weight excluding hydrogens is 216 g/mol. The molecule has 0 heterocycles. The van der Waals surface area contributed by atoms with Crippen LogP contribution in [0.3, 0.4) is 0 Å². The molecule has 6 nitrogen and oxygen atoms in total. The Kier molecular flexibility index (Phi) is 3.29. The number of hydrogen-bond donors (Lipinski definition) is 5. The Morgan fingerprint density at radius 3 is 2.47 bits per heavy atom. The Labute approximate surface area is 91.2 Å². The number of nitrogens with two attached hydrogens (primary N) is 2. The molecule has 80 valence electrons. The van der Waals surface area contributed by atoms with Crippen LogP contribution in [0.1, 0.15) is 0 Å². The van der Waals surface area contributed by atoms with Gasteiger partial charge in [0.15, 0.2) is 17.5 Å². The van der Waals surface area contributed by atoms with Crippen LogP contribution in [0.5, 0.6) is 11.5 Å². The van der Waals surface area contributed by atoms with E-state index in [1.54, 1.807) is 0 Å². The molecule has 0 unspecified atom stereocenters. The molecule has 0 aliphatic carbocycles. The SMILES string of the molecule is NC(N)=NC(=S)Nc1ccc(O)c(O)c1. The Hall–Kier alpha value is -2.02. The summed E-state index contributed by atoms with van der Waals surface area (Å²) in [6.45, 7) is 0. The van der Waals surface area contributed by atoms with Crippen molar-refractivity contribution in [2.75, 3.05) is 5.32 Å². The molecule has 0 aliphatic rings. The third-order valence-electron chi connectivity index (χ3n) is 1.46. The van der Waals surface area contributed by atoms with Gasteiger partial charge < -0.3 is 27.0 Å². The lowest BCUT2D eigenvalue weighted by molar-refractivity contribution is 0.404. The van der Waals surface area contributed by atoms with Crippen LogP contribution < -0.4 is 16.8 Å². The first-order valence-electron chi connectivity index (χ1n) is 3.91. The number of rotatable bonds is 1. The van der Waals surface area contributed by atoms with Crippen LogP contribution in [0.4, 0.5) is 5.69 Å². The topological polar surface area (TPSA) is 117 Å². The number of anilines is 1. The first-order chi connectivity index (χ1) is 6.99. The van der Waals surface area contributed by atoms with Gasteiger partial charge in [-0.05, 0) is 24.4 Å². The highest BCUT2D eigenvalue weighted by Gasteiger charge is 2.01. The molecule has 1 rings (SSSR count). The van der Waals surface area contributed by atoms with Crippen molar-refractivity contribution in [3.63, 3.8) is 0 Å². The fourth-order valence-corrected chi connectivity index (χ4v) is 1.09. The molecule has 0 bridgehead atoms. The summed E-state index contributed by atoms with van der Waals surface area (Å²) >= 11 is 4.79. The normalized spacial score (nSPS) is 9.33. The minimum absolute atomic E-state index is 0.0695. The molecule has 0 radical (unpaired) electrons. The maximum atomic E-state index is 9.18. The van der Waals surface area contributed by atoms with Gasteiger partial charge in [-0.25, -0.2) is 0 Å². The van der Waals surface area contributed by atoms with E-state index < -0.39 is 0 Å². The number of guanidine groups is 1. The van der Waals surface area contributed by atoms with E-state index in [-0.39, 0.29) is 22.6 Å². The number of thiocarbonyl (C=S) groups is 1. The van der Waals surface area contributed by atoms with E-state index in [0.717, 1.165) is 0 Å². The van der Waals surface area contributed by atoms with Crippen LogP contribution >= 0.6 is 12.2 Å². The summed E-state index contributed by atoms with van der Waals surface area (Å²) in [6.07, 6.45) is 0. The highest BCUT2D eigenvalue weighted by atomic mass is 32.1. The molecule has 0 aromatic heterocycles. The first-order valence-corrected chi connectivity index (χ1v) is 4.32. The maximum Gasteiger partial charge on any atom is 0.200 e. The number of hydrogen-bond acceptors (Lipinski definition) is 3. The second-order valence-corrected chi connectivity index (χ2v) is 3.06. The zero-order chi connectivity index (χ0) is 11.4. The van der Waals surface area contributed by atoms with E-state index in [2.05, 4.69) is 10.3 Å². The van der Waals surface area contributed by atoms with Gasteiger partial charge >= 0.3 is 0 Å². The smallest absolute Gasteiger partial charge is 0.200 e. The van der Waals surface area contributed by atoms with E-state index in [1.807, 2.05) is 0 Å². The molecule has 1 aromatic rings. The van der Waals surface area contributed by atoms with E-state index in [4.69, 9.17) is 28.8 Å². The van der Waals surface area contributed by atoms with Gasteiger partial charge in [0.25, 0.3) is 0 Å². The highest BCUT2D eigenvalue weighted by Crippen LogP contribution is 2.27. The van der Waals surface area contributed by atoms with Gasteiger partial charge in [0.1, 0.15) is 0 Å². The highest BCUT2D eigenvalue weighted by molar-refractivity contribution is 7.80. The minimum Gasteiger partial charge on any atom is -0.504 e. The number of nitrogens with one attached hydrogen (secondary N) is 1. The minimum atomic E-state index is -0.257. The monoisotopic (exact) mass is 226 g/mol. The Morgan fingerprint density at radius 2 is 1.93 bits per heavy atom. The summed E-state index contributed by atoms with van der Waals surface area (Å²) < 4.78 is 0. The summed E-state index contributed by atoms with van der Waals surface area (Å²) in [6, 6.07) is 4.13. The van der Waals surface area contributed by atoms with Gasteiger partial charge in [-0.1, -0.05) is 0 Å². The Morgan fingerprint density at radius 1 is 1.27 bits per heavy atom. The molecule has 0 spiro atoms. The molecule has 0 saturated carbocycles. The third-order valence-corrected chi connectivity index (χ3v) is 1.65. The zero-order valence-corrected chi connectivity index (χ0v) is 8.45. The van der Waals surface area contributed by atoms with E-state index in [1.165, 1.54) is 18.2 Å². The molecule has 7 heteroatoms. The number of benzene rings is 1. The second kappa shape index (κ2) is 4.47. The molecular formula is C8H10N4O2S. The van der Waals surface area contributed by atoms with E-state index in [9.17, 15) is 5.11 Å².